The van der Waals surface area contributed by atoms with E-state index in [-0.39, 0.29) is 23.6 Å². The summed E-state index contributed by atoms with van der Waals surface area (Å²) in [5, 5.41) is 11.4. The van der Waals surface area contributed by atoms with Gasteiger partial charge in [0.05, 0.1) is 24.0 Å². The summed E-state index contributed by atoms with van der Waals surface area (Å²) in [6.45, 7) is 0. The van der Waals surface area contributed by atoms with E-state index in [2.05, 4.69) is 15.8 Å². The first kappa shape index (κ1) is 22.8. The lowest BCUT2D eigenvalue weighted by Crippen LogP contribution is -2.42. The Bertz CT molecular complexity index is 1120. The maximum Gasteiger partial charge on any atom is 0.272 e. The van der Waals surface area contributed by atoms with Crippen LogP contribution in [0.4, 0.5) is 5.69 Å². The minimum Gasteiger partial charge on any atom is -0.497 e. The number of nitro benzene ring substituents is 1. The van der Waals surface area contributed by atoms with Gasteiger partial charge in [-0.3, -0.25) is 30.6 Å². The molecule has 2 aromatic carbocycles. The SMILES string of the molecule is COc1ccc(CC(=O)NNC(=O)c2cccnc2SCc2cccc([N+](=O)[O-])c2)cc1. The lowest BCUT2D eigenvalue weighted by molar-refractivity contribution is -0.384. The fraction of sp³-hybridized carbons (Fsp3) is 0.136. The molecule has 32 heavy (non-hydrogen) atoms. The molecule has 0 aliphatic rings. The first-order chi connectivity index (χ1) is 15.5. The Kier molecular flexibility index (Phi) is 7.76. The van der Waals surface area contributed by atoms with E-state index in [1.54, 1.807) is 61.8 Å². The zero-order chi connectivity index (χ0) is 22.9. The van der Waals surface area contributed by atoms with Crippen LogP contribution in [0.1, 0.15) is 21.5 Å². The molecule has 0 spiro atoms. The van der Waals surface area contributed by atoms with Crippen molar-refractivity contribution in [2.45, 2.75) is 17.2 Å². The molecular weight excluding hydrogens is 432 g/mol. The molecule has 1 heterocycles. The number of hydrazine groups is 1. The van der Waals surface area contributed by atoms with E-state index in [1.807, 2.05) is 0 Å². The standard InChI is InChI=1S/C22H20N4O5S/c1-31-18-9-7-15(8-10-18)13-20(27)24-25-21(28)19-6-3-11-23-22(19)32-14-16-4-2-5-17(12-16)26(29)30/h2-12H,13-14H2,1H3,(H,24,27)(H,25,28). The Labute approximate surface area is 188 Å². The number of aromatic nitrogens is 1. The highest BCUT2D eigenvalue weighted by molar-refractivity contribution is 7.98. The molecule has 0 aliphatic carbocycles. The second kappa shape index (κ2) is 10.9. The van der Waals surface area contributed by atoms with E-state index in [0.717, 1.165) is 11.1 Å². The molecule has 164 valence electrons. The number of nitrogens with zero attached hydrogens (tertiary/aromatic N) is 2. The first-order valence-electron chi connectivity index (χ1n) is 9.49. The molecule has 3 rings (SSSR count). The van der Waals surface area contributed by atoms with Gasteiger partial charge in [0.2, 0.25) is 5.91 Å². The summed E-state index contributed by atoms with van der Waals surface area (Å²) in [5.74, 6) is 0.193. The van der Waals surface area contributed by atoms with Crippen LogP contribution >= 0.6 is 11.8 Å². The van der Waals surface area contributed by atoms with Gasteiger partial charge in [0.15, 0.2) is 0 Å². The van der Waals surface area contributed by atoms with Gasteiger partial charge in [0.1, 0.15) is 10.8 Å². The first-order valence-corrected chi connectivity index (χ1v) is 10.5. The predicted octanol–water partition coefficient (Wildman–Crippen LogP) is 3.29. The molecule has 0 bridgehead atoms. The number of carbonyl (C=O) groups excluding carboxylic acids is 2. The Morgan fingerprint density at radius 2 is 1.84 bits per heavy atom. The highest BCUT2D eigenvalue weighted by atomic mass is 32.2. The lowest BCUT2D eigenvalue weighted by atomic mass is 10.1. The molecule has 0 radical (unpaired) electrons. The summed E-state index contributed by atoms with van der Waals surface area (Å²) in [4.78, 5) is 39.4. The van der Waals surface area contributed by atoms with Crippen molar-refractivity contribution in [2.24, 2.45) is 0 Å². The van der Waals surface area contributed by atoms with E-state index < -0.39 is 10.8 Å². The van der Waals surface area contributed by atoms with Gasteiger partial charge >= 0.3 is 0 Å². The third-order valence-electron chi connectivity index (χ3n) is 4.35. The van der Waals surface area contributed by atoms with Crippen LogP contribution in [0, 0.1) is 10.1 Å². The molecule has 10 heteroatoms. The largest absolute Gasteiger partial charge is 0.497 e. The maximum absolute atomic E-state index is 12.6. The van der Waals surface area contributed by atoms with Gasteiger partial charge in [0.25, 0.3) is 11.6 Å². The number of pyridine rings is 1. The Hall–Kier alpha value is -3.92. The minimum absolute atomic E-state index is 0.00154. The minimum atomic E-state index is -0.511. The second-order valence-corrected chi connectivity index (χ2v) is 7.56. The Morgan fingerprint density at radius 3 is 2.56 bits per heavy atom. The zero-order valence-corrected chi connectivity index (χ0v) is 17.9. The van der Waals surface area contributed by atoms with Crippen molar-refractivity contribution in [2.75, 3.05) is 7.11 Å². The van der Waals surface area contributed by atoms with Crippen molar-refractivity contribution in [3.63, 3.8) is 0 Å². The molecule has 0 fully saturated rings. The lowest BCUT2D eigenvalue weighted by Gasteiger charge is -2.10. The maximum atomic E-state index is 12.6. The van der Waals surface area contributed by atoms with E-state index >= 15 is 0 Å². The van der Waals surface area contributed by atoms with Crippen molar-refractivity contribution < 1.29 is 19.2 Å². The van der Waals surface area contributed by atoms with Crippen molar-refractivity contribution in [3.8, 4) is 5.75 Å². The number of carbonyl (C=O) groups is 2. The molecular formula is C22H20N4O5S. The molecule has 0 aliphatic heterocycles. The quantitative estimate of drug-likeness (QED) is 0.305. The highest BCUT2D eigenvalue weighted by Gasteiger charge is 2.15. The number of amides is 2. The smallest absolute Gasteiger partial charge is 0.272 e. The molecule has 1 aromatic heterocycles. The summed E-state index contributed by atoms with van der Waals surface area (Å²) < 4.78 is 5.08. The highest BCUT2D eigenvalue weighted by Crippen LogP contribution is 2.25. The Morgan fingerprint density at radius 1 is 1.06 bits per heavy atom. The third-order valence-corrected chi connectivity index (χ3v) is 5.43. The van der Waals surface area contributed by atoms with Crippen LogP contribution in [-0.4, -0.2) is 28.8 Å². The van der Waals surface area contributed by atoms with Gasteiger partial charge in [-0.05, 0) is 35.4 Å². The van der Waals surface area contributed by atoms with E-state index in [0.29, 0.717) is 16.5 Å². The fourth-order valence-electron chi connectivity index (χ4n) is 2.76. The van der Waals surface area contributed by atoms with Crippen molar-refractivity contribution in [1.82, 2.24) is 15.8 Å². The number of methoxy groups -OCH3 is 1. The normalized spacial score (nSPS) is 10.3. The molecule has 0 saturated heterocycles. The summed E-state index contributed by atoms with van der Waals surface area (Å²) >= 11 is 1.27. The topological polar surface area (TPSA) is 123 Å². The van der Waals surface area contributed by atoms with Crippen molar-refractivity contribution in [3.05, 3.63) is 93.7 Å². The number of rotatable bonds is 8. The van der Waals surface area contributed by atoms with Gasteiger partial charge in [-0.2, -0.15) is 0 Å². The van der Waals surface area contributed by atoms with E-state index in [1.165, 1.54) is 23.9 Å². The van der Waals surface area contributed by atoms with Crippen LogP contribution in [0.5, 0.6) is 5.75 Å². The number of hydrogen-bond donors (Lipinski definition) is 2. The molecule has 2 N–H and O–H groups in total. The Balaban J connectivity index is 1.58. The van der Waals surface area contributed by atoms with Crippen LogP contribution in [0.2, 0.25) is 0 Å². The van der Waals surface area contributed by atoms with Crippen LogP contribution < -0.4 is 15.6 Å². The molecule has 2 amide bonds. The van der Waals surface area contributed by atoms with Crippen LogP contribution in [0.3, 0.4) is 0 Å². The molecule has 3 aromatic rings. The molecule has 9 nitrogen and oxygen atoms in total. The number of thioether (sulfide) groups is 1. The summed E-state index contributed by atoms with van der Waals surface area (Å²) in [6.07, 6.45) is 1.64. The fourth-order valence-corrected chi connectivity index (χ4v) is 3.69. The van der Waals surface area contributed by atoms with Crippen LogP contribution in [0.15, 0.2) is 71.9 Å². The van der Waals surface area contributed by atoms with E-state index in [4.69, 9.17) is 4.74 Å². The molecule has 0 atom stereocenters. The summed E-state index contributed by atoms with van der Waals surface area (Å²) in [6, 6.07) is 16.5. The third kappa shape index (κ3) is 6.29. The zero-order valence-electron chi connectivity index (χ0n) is 17.1. The van der Waals surface area contributed by atoms with Gasteiger partial charge in [-0.1, -0.05) is 24.3 Å². The van der Waals surface area contributed by atoms with Gasteiger partial charge in [-0.15, -0.1) is 11.8 Å². The van der Waals surface area contributed by atoms with Crippen LogP contribution in [-0.2, 0) is 17.0 Å². The number of nitrogens with one attached hydrogen (secondary N) is 2. The number of ether oxygens (including phenoxy) is 1. The van der Waals surface area contributed by atoms with Gasteiger partial charge < -0.3 is 4.74 Å². The predicted molar refractivity (Wildman–Crippen MR) is 119 cm³/mol. The average molecular weight is 452 g/mol. The number of hydrogen-bond acceptors (Lipinski definition) is 7. The second-order valence-electron chi connectivity index (χ2n) is 6.60. The average Bonchev–Trinajstić information content (AvgIpc) is 2.82. The van der Waals surface area contributed by atoms with Crippen molar-refractivity contribution >= 4 is 29.3 Å². The van der Waals surface area contributed by atoms with Crippen molar-refractivity contribution in [1.29, 1.82) is 0 Å². The van der Waals surface area contributed by atoms with E-state index in [9.17, 15) is 19.7 Å². The number of non-ortho nitro benzene ring substituents is 1. The number of nitro groups is 1. The summed E-state index contributed by atoms with van der Waals surface area (Å²) in [5.41, 5.74) is 6.58. The molecule has 0 saturated carbocycles. The summed E-state index contributed by atoms with van der Waals surface area (Å²) in [7, 11) is 1.56. The van der Waals surface area contributed by atoms with Crippen LogP contribution in [0.25, 0.3) is 0 Å². The monoisotopic (exact) mass is 452 g/mol. The van der Waals surface area contributed by atoms with Gasteiger partial charge in [0, 0.05) is 24.1 Å². The molecule has 0 unspecified atom stereocenters. The number of benzene rings is 2. The van der Waals surface area contributed by atoms with Gasteiger partial charge in [-0.25, -0.2) is 4.98 Å².